The number of nitrogens with zero attached hydrogens (tertiary/aromatic N) is 5. The highest BCUT2D eigenvalue weighted by Gasteiger charge is 2.55. The molecular formula is C15H21N5O5. The third-order valence-corrected chi connectivity index (χ3v) is 3.78. The SMILES string of the molecule is CC(=O)[O-].CC1=N[N+](C)(C)C(C)(O)C1N=Nc1ccc([N+](=O)[O-])cc1. The van der Waals surface area contributed by atoms with E-state index in [0.717, 1.165) is 6.92 Å². The van der Waals surface area contributed by atoms with Crippen LogP contribution >= 0.6 is 0 Å². The molecule has 0 aromatic heterocycles. The van der Waals surface area contributed by atoms with Crippen LogP contribution in [0.1, 0.15) is 20.8 Å². The first-order valence-electron chi connectivity index (χ1n) is 7.34. The summed E-state index contributed by atoms with van der Waals surface area (Å²) in [5, 5.41) is 42.6. The van der Waals surface area contributed by atoms with E-state index in [1.165, 1.54) is 24.3 Å². The number of hydrogen-bond donors (Lipinski definition) is 1. The maximum Gasteiger partial charge on any atom is 0.269 e. The minimum absolute atomic E-state index is 0.00245. The van der Waals surface area contributed by atoms with Gasteiger partial charge in [-0.25, -0.2) is 0 Å². The molecule has 1 heterocycles. The van der Waals surface area contributed by atoms with E-state index in [0.29, 0.717) is 11.4 Å². The van der Waals surface area contributed by atoms with Gasteiger partial charge in [-0.2, -0.15) is 14.8 Å². The molecule has 0 amide bonds. The second kappa shape index (κ2) is 7.45. The Bertz CT molecular complexity index is 706. The van der Waals surface area contributed by atoms with Gasteiger partial charge in [0.05, 0.1) is 24.7 Å². The van der Waals surface area contributed by atoms with Crippen LogP contribution in [0.25, 0.3) is 0 Å². The van der Waals surface area contributed by atoms with Crippen LogP contribution in [0.4, 0.5) is 11.4 Å². The lowest BCUT2D eigenvalue weighted by Crippen LogP contribution is -2.56. The molecule has 1 aliphatic rings. The number of rotatable bonds is 3. The molecule has 25 heavy (non-hydrogen) atoms. The van der Waals surface area contributed by atoms with E-state index in [4.69, 9.17) is 9.90 Å². The summed E-state index contributed by atoms with van der Waals surface area (Å²) in [6.45, 7) is 4.42. The second-order valence-corrected chi connectivity index (χ2v) is 6.11. The van der Waals surface area contributed by atoms with Gasteiger partial charge in [0.2, 0.25) is 0 Å². The zero-order chi connectivity index (χ0) is 19.4. The van der Waals surface area contributed by atoms with Crippen LogP contribution in [-0.2, 0) is 4.79 Å². The van der Waals surface area contributed by atoms with Crippen molar-refractivity contribution in [3.8, 4) is 0 Å². The molecule has 10 heteroatoms. The van der Waals surface area contributed by atoms with Gasteiger partial charge >= 0.3 is 0 Å². The normalized spacial score (nSPS) is 24.4. The Hall–Kier alpha value is -2.72. The number of likely N-dealkylation sites (N-methyl/N-ethyl adjacent to an activating group) is 1. The summed E-state index contributed by atoms with van der Waals surface area (Å²) in [6.07, 6.45) is 0. The highest BCUT2D eigenvalue weighted by atomic mass is 16.6. The van der Waals surface area contributed by atoms with Crippen molar-refractivity contribution in [3.05, 3.63) is 34.4 Å². The van der Waals surface area contributed by atoms with Crippen LogP contribution in [0.3, 0.4) is 0 Å². The van der Waals surface area contributed by atoms with E-state index >= 15 is 0 Å². The number of aliphatic hydroxyl groups is 1. The van der Waals surface area contributed by atoms with Crippen molar-refractivity contribution in [1.82, 2.24) is 0 Å². The number of carboxylic acid groups (broad SMARTS) is 1. The number of hydrogen-bond acceptors (Lipinski definition) is 8. The molecule has 1 N–H and O–H groups in total. The number of carboxylic acids is 1. The number of aliphatic carboxylic acids is 1. The lowest BCUT2D eigenvalue weighted by atomic mass is 10.0. The fourth-order valence-electron chi connectivity index (χ4n) is 2.20. The zero-order valence-electron chi connectivity index (χ0n) is 14.7. The van der Waals surface area contributed by atoms with Crippen LogP contribution in [-0.4, -0.2) is 52.2 Å². The molecule has 1 aromatic rings. The van der Waals surface area contributed by atoms with Crippen LogP contribution in [0.5, 0.6) is 0 Å². The second-order valence-electron chi connectivity index (χ2n) is 6.11. The Balaban J connectivity index is 0.000000705. The monoisotopic (exact) mass is 351 g/mol. The van der Waals surface area contributed by atoms with Crippen LogP contribution in [0, 0.1) is 10.1 Å². The summed E-state index contributed by atoms with van der Waals surface area (Å²) in [6, 6.07) is 5.20. The number of nitro groups is 1. The number of carbonyl (C=O) groups is 1. The number of non-ortho nitro benzene ring substituents is 1. The molecule has 2 unspecified atom stereocenters. The summed E-state index contributed by atoms with van der Waals surface area (Å²) in [5.74, 6) is -1.08. The smallest absolute Gasteiger partial charge is 0.269 e. The lowest BCUT2D eigenvalue weighted by Gasteiger charge is -2.33. The van der Waals surface area contributed by atoms with Gasteiger partial charge in [-0.15, -0.1) is 0 Å². The van der Waals surface area contributed by atoms with Crippen molar-refractivity contribution in [3.63, 3.8) is 0 Å². The van der Waals surface area contributed by atoms with Crippen molar-refractivity contribution >= 4 is 23.1 Å². The van der Waals surface area contributed by atoms with Gasteiger partial charge in [0.15, 0.2) is 6.04 Å². The Morgan fingerprint density at radius 1 is 1.36 bits per heavy atom. The van der Waals surface area contributed by atoms with Crippen LogP contribution in [0.2, 0.25) is 0 Å². The van der Waals surface area contributed by atoms with Gasteiger partial charge in [0.25, 0.3) is 11.4 Å². The topological polar surface area (TPSA) is 141 Å². The summed E-state index contributed by atoms with van der Waals surface area (Å²) < 4.78 is 0.0583. The molecule has 0 saturated carbocycles. The first-order chi connectivity index (χ1) is 11.4. The minimum Gasteiger partial charge on any atom is -0.550 e. The number of quaternary nitrogens is 1. The molecular weight excluding hydrogens is 330 g/mol. The first-order valence-corrected chi connectivity index (χ1v) is 7.34. The van der Waals surface area contributed by atoms with E-state index in [-0.39, 0.29) is 10.3 Å². The number of nitro benzene ring substituents is 1. The molecule has 2 rings (SSSR count). The van der Waals surface area contributed by atoms with Crippen molar-refractivity contribution in [2.24, 2.45) is 15.3 Å². The first kappa shape index (κ1) is 20.3. The van der Waals surface area contributed by atoms with Gasteiger partial charge < -0.3 is 15.0 Å². The van der Waals surface area contributed by atoms with Gasteiger partial charge in [-0.05, 0) is 26.0 Å². The molecule has 10 nitrogen and oxygen atoms in total. The maximum atomic E-state index is 10.6. The number of carbonyl (C=O) groups excluding carboxylic acids is 1. The van der Waals surface area contributed by atoms with E-state index in [9.17, 15) is 15.2 Å². The van der Waals surface area contributed by atoms with Gasteiger partial charge in [0.1, 0.15) is 5.71 Å². The number of azo groups is 1. The highest BCUT2D eigenvalue weighted by molar-refractivity contribution is 5.88. The van der Waals surface area contributed by atoms with Crippen molar-refractivity contribution in [2.45, 2.75) is 32.5 Å². The predicted molar refractivity (Wildman–Crippen MR) is 87.9 cm³/mol. The third-order valence-electron chi connectivity index (χ3n) is 3.78. The van der Waals surface area contributed by atoms with E-state index < -0.39 is 22.7 Å². The minimum atomic E-state index is -1.19. The molecule has 0 radical (unpaired) electrons. The predicted octanol–water partition coefficient (Wildman–Crippen LogP) is 0.978. The Morgan fingerprint density at radius 2 is 1.84 bits per heavy atom. The largest absolute Gasteiger partial charge is 0.550 e. The van der Waals surface area contributed by atoms with Crippen molar-refractivity contribution in [1.29, 1.82) is 0 Å². The standard InChI is InChI=1S/C13H18N5O3.C2H4O2/c1-9-12(13(2,19)18(3,4)16-9)15-14-10-5-7-11(8-6-10)17(20)21;1-2(3)4/h5-8,12,19H,1-4H3;1H3,(H,3,4)/q+1;/p-1. The van der Waals surface area contributed by atoms with Gasteiger partial charge in [0, 0.05) is 25.0 Å². The summed E-state index contributed by atoms with van der Waals surface area (Å²) in [4.78, 5) is 19.0. The quantitative estimate of drug-likeness (QED) is 0.374. The molecule has 1 aromatic carbocycles. The van der Waals surface area contributed by atoms with Gasteiger partial charge in [-0.3, -0.25) is 10.1 Å². The van der Waals surface area contributed by atoms with Gasteiger partial charge in [-0.1, -0.05) is 5.10 Å². The molecule has 136 valence electrons. The molecule has 1 aliphatic heterocycles. The molecule has 0 saturated heterocycles. The Kier molecular flexibility index (Phi) is 6.05. The van der Waals surface area contributed by atoms with Crippen LogP contribution < -0.4 is 5.11 Å². The molecule has 0 aliphatic carbocycles. The van der Waals surface area contributed by atoms with Crippen molar-refractivity contribution in [2.75, 3.05) is 14.1 Å². The summed E-state index contributed by atoms with van der Waals surface area (Å²) >= 11 is 0. The Morgan fingerprint density at radius 3 is 2.20 bits per heavy atom. The average molecular weight is 351 g/mol. The highest BCUT2D eigenvalue weighted by Crippen LogP contribution is 2.33. The summed E-state index contributed by atoms with van der Waals surface area (Å²) in [7, 11) is 3.57. The Labute approximate surface area is 144 Å². The number of benzene rings is 1. The lowest BCUT2D eigenvalue weighted by molar-refractivity contribution is -0.964. The van der Waals surface area contributed by atoms with Crippen molar-refractivity contribution < 1.29 is 24.5 Å². The average Bonchev–Trinajstić information content (AvgIpc) is 2.61. The summed E-state index contributed by atoms with van der Waals surface area (Å²) in [5.41, 5.74) is -0.0108. The zero-order valence-corrected chi connectivity index (χ0v) is 14.7. The fourth-order valence-corrected chi connectivity index (χ4v) is 2.20. The fraction of sp³-hybridized carbons (Fsp3) is 0.467. The molecule has 2 atom stereocenters. The van der Waals surface area contributed by atoms with E-state index in [1.807, 2.05) is 0 Å². The molecule has 0 fully saturated rings. The van der Waals surface area contributed by atoms with Crippen LogP contribution in [0.15, 0.2) is 39.6 Å². The van der Waals surface area contributed by atoms with E-state index in [1.54, 1.807) is 27.9 Å². The molecule has 0 bridgehead atoms. The molecule has 0 spiro atoms. The third kappa shape index (κ3) is 4.88. The maximum absolute atomic E-state index is 10.6. The van der Waals surface area contributed by atoms with E-state index in [2.05, 4.69) is 15.3 Å².